The highest BCUT2D eigenvalue weighted by molar-refractivity contribution is 6.01. The number of benzene rings is 1. The number of nitrogens with two attached hydrogens (primary N) is 1. The number of hydroxylamine groups is 1. The van der Waals surface area contributed by atoms with Gasteiger partial charge in [-0.25, -0.2) is 9.59 Å². The standard InChI is InChI=1S/C23H26N2O9/c1-5-8-31-25-22(30)33-15-10-23(3,4)9-14(18(15)27)32-13-7-6-12-17(26)16(20(24)28)21(29)34-19(12)11(13)2/h1,6-7,14-15,18,26-27H,8-10H2,2-4H3,(H2,24,28)(H,25,30)/t14-,15-,18+/m1/s1. The molecule has 182 valence electrons. The van der Waals surface area contributed by atoms with Gasteiger partial charge < -0.3 is 29.8 Å². The first-order valence-electron chi connectivity index (χ1n) is 10.4. The van der Waals surface area contributed by atoms with Crippen LogP contribution in [-0.2, 0) is 9.57 Å². The highest BCUT2D eigenvalue weighted by atomic mass is 16.7. The van der Waals surface area contributed by atoms with Gasteiger partial charge in [-0.15, -0.1) is 6.42 Å². The van der Waals surface area contributed by atoms with E-state index in [2.05, 4.69) is 5.92 Å². The van der Waals surface area contributed by atoms with Gasteiger partial charge in [0.25, 0.3) is 5.91 Å². The van der Waals surface area contributed by atoms with E-state index in [9.17, 15) is 24.6 Å². The molecule has 0 unspecified atom stereocenters. The second kappa shape index (κ2) is 9.62. The van der Waals surface area contributed by atoms with Gasteiger partial charge in [0.2, 0.25) is 0 Å². The van der Waals surface area contributed by atoms with Crippen LogP contribution < -0.4 is 21.6 Å². The number of fused-ring (bicyclic) bond motifs is 1. The number of aromatic hydroxyl groups is 1. The molecule has 1 heterocycles. The molecule has 3 atom stereocenters. The molecule has 0 radical (unpaired) electrons. The van der Waals surface area contributed by atoms with Crippen LogP contribution in [0, 0.1) is 24.7 Å². The molecule has 34 heavy (non-hydrogen) atoms. The van der Waals surface area contributed by atoms with Crippen LogP contribution in [-0.4, -0.2) is 47.1 Å². The van der Waals surface area contributed by atoms with Gasteiger partial charge in [0.05, 0.1) is 5.39 Å². The van der Waals surface area contributed by atoms with Crippen LogP contribution in [0.5, 0.6) is 11.5 Å². The number of hydrogen-bond acceptors (Lipinski definition) is 9. The third kappa shape index (κ3) is 5.08. The fourth-order valence-corrected chi connectivity index (χ4v) is 4.05. The van der Waals surface area contributed by atoms with Crippen molar-refractivity contribution in [3.8, 4) is 23.8 Å². The van der Waals surface area contributed by atoms with Crippen LogP contribution >= 0.6 is 0 Å². The van der Waals surface area contributed by atoms with E-state index in [1.54, 1.807) is 6.92 Å². The van der Waals surface area contributed by atoms with Gasteiger partial charge in [0, 0.05) is 5.56 Å². The molecule has 11 nitrogen and oxygen atoms in total. The number of primary amides is 1. The number of carbonyl (C=O) groups excluding carboxylic acids is 2. The highest BCUT2D eigenvalue weighted by Gasteiger charge is 2.44. The third-order valence-electron chi connectivity index (χ3n) is 5.61. The van der Waals surface area contributed by atoms with Crippen molar-refractivity contribution in [2.45, 2.75) is 51.9 Å². The minimum absolute atomic E-state index is 0.00685. The SMILES string of the molecule is C#CCONC(=O)O[C@@H]1CC(C)(C)C[C@@H](Oc2ccc3c(O)c(C(N)=O)c(=O)oc3c2C)[C@@H]1O. The summed E-state index contributed by atoms with van der Waals surface area (Å²) in [5.41, 5.74) is 5.47. The summed E-state index contributed by atoms with van der Waals surface area (Å²) >= 11 is 0. The molecule has 5 N–H and O–H groups in total. The number of aliphatic hydroxyl groups is 1. The first-order chi connectivity index (χ1) is 15.9. The van der Waals surface area contributed by atoms with Crippen LogP contribution in [0.2, 0.25) is 0 Å². The molecule has 1 aliphatic carbocycles. The highest BCUT2D eigenvalue weighted by Crippen LogP contribution is 2.40. The summed E-state index contributed by atoms with van der Waals surface area (Å²) in [6.07, 6.45) is 2.08. The maximum absolute atomic E-state index is 12.1. The molecule has 1 aromatic heterocycles. The van der Waals surface area contributed by atoms with E-state index < -0.39 is 47.3 Å². The van der Waals surface area contributed by atoms with Crippen molar-refractivity contribution in [3.05, 3.63) is 33.7 Å². The van der Waals surface area contributed by atoms with Crippen LogP contribution in [0.4, 0.5) is 4.79 Å². The van der Waals surface area contributed by atoms with E-state index in [1.165, 1.54) is 12.1 Å². The van der Waals surface area contributed by atoms with E-state index in [4.69, 9.17) is 30.9 Å². The number of terminal acetylenes is 1. The Labute approximate surface area is 194 Å². The number of hydrogen-bond donors (Lipinski definition) is 4. The number of aryl methyl sites for hydroxylation is 1. The molecule has 1 aromatic carbocycles. The van der Waals surface area contributed by atoms with E-state index in [0.29, 0.717) is 18.4 Å². The Morgan fingerprint density at radius 3 is 2.65 bits per heavy atom. The predicted molar refractivity (Wildman–Crippen MR) is 119 cm³/mol. The fraction of sp³-hybridized carbons (Fsp3) is 0.435. The van der Waals surface area contributed by atoms with E-state index in [0.717, 1.165) is 0 Å². The van der Waals surface area contributed by atoms with Crippen molar-refractivity contribution in [3.63, 3.8) is 0 Å². The molecule has 2 aromatic rings. The molecule has 1 fully saturated rings. The van der Waals surface area contributed by atoms with Crippen LogP contribution in [0.15, 0.2) is 21.3 Å². The van der Waals surface area contributed by atoms with Crippen molar-refractivity contribution in [2.24, 2.45) is 11.1 Å². The summed E-state index contributed by atoms with van der Waals surface area (Å²) in [5, 5.41) is 21.3. The Kier molecular flexibility index (Phi) is 7.04. The lowest BCUT2D eigenvalue weighted by atomic mass is 9.73. The van der Waals surface area contributed by atoms with Gasteiger partial charge in [0.1, 0.15) is 42.0 Å². The lowest BCUT2D eigenvalue weighted by Gasteiger charge is -2.42. The van der Waals surface area contributed by atoms with Crippen molar-refractivity contribution < 1.29 is 38.5 Å². The second-order valence-corrected chi connectivity index (χ2v) is 8.80. The Morgan fingerprint density at radius 1 is 1.32 bits per heavy atom. The van der Waals surface area contributed by atoms with Gasteiger partial charge >= 0.3 is 11.7 Å². The molecular weight excluding hydrogens is 448 g/mol. The molecule has 1 saturated carbocycles. The second-order valence-electron chi connectivity index (χ2n) is 8.80. The number of rotatable bonds is 6. The number of nitrogens with one attached hydrogen (secondary N) is 1. The Hall–Kier alpha value is -3.75. The molecule has 0 spiro atoms. The van der Waals surface area contributed by atoms with E-state index in [1.807, 2.05) is 19.3 Å². The smallest absolute Gasteiger partial charge is 0.431 e. The number of amides is 2. The van der Waals surface area contributed by atoms with Crippen LogP contribution in [0.3, 0.4) is 0 Å². The quantitative estimate of drug-likeness (QED) is 0.210. The lowest BCUT2D eigenvalue weighted by Crippen LogP contribution is -2.52. The molecular formula is C23H26N2O9. The molecule has 11 heteroatoms. The first kappa shape index (κ1) is 24.9. The number of carbonyl (C=O) groups is 2. The minimum Gasteiger partial charge on any atom is -0.506 e. The van der Waals surface area contributed by atoms with E-state index >= 15 is 0 Å². The van der Waals surface area contributed by atoms with Gasteiger partial charge in [-0.05, 0) is 37.3 Å². The monoisotopic (exact) mass is 474 g/mol. The van der Waals surface area contributed by atoms with Crippen LogP contribution in [0.25, 0.3) is 11.0 Å². The fourth-order valence-electron chi connectivity index (χ4n) is 4.05. The zero-order chi connectivity index (χ0) is 25.2. The summed E-state index contributed by atoms with van der Waals surface area (Å²) in [4.78, 5) is 40.3. The zero-order valence-corrected chi connectivity index (χ0v) is 18.9. The third-order valence-corrected chi connectivity index (χ3v) is 5.61. The van der Waals surface area contributed by atoms with Gasteiger partial charge in [-0.1, -0.05) is 19.8 Å². The summed E-state index contributed by atoms with van der Waals surface area (Å²) < 4.78 is 16.6. The molecule has 2 amide bonds. The summed E-state index contributed by atoms with van der Waals surface area (Å²) in [6, 6.07) is 2.92. The van der Waals surface area contributed by atoms with Gasteiger partial charge in [0.15, 0.2) is 5.56 Å². The van der Waals surface area contributed by atoms with E-state index in [-0.39, 0.29) is 28.7 Å². The summed E-state index contributed by atoms with van der Waals surface area (Å²) in [6.45, 7) is 5.32. The number of ether oxygens (including phenoxy) is 2. The topological polar surface area (TPSA) is 171 Å². The lowest BCUT2D eigenvalue weighted by molar-refractivity contribution is -0.115. The average Bonchev–Trinajstić information content (AvgIpc) is 2.73. The molecule has 1 aliphatic rings. The number of aliphatic hydroxyl groups excluding tert-OH is 1. The Bertz CT molecular complexity index is 1210. The maximum atomic E-state index is 12.1. The van der Waals surface area contributed by atoms with Crippen molar-refractivity contribution >= 4 is 23.0 Å². The zero-order valence-electron chi connectivity index (χ0n) is 18.9. The predicted octanol–water partition coefficient (Wildman–Crippen LogP) is 1.49. The van der Waals surface area contributed by atoms with Gasteiger partial charge in [-0.3, -0.25) is 9.63 Å². The molecule has 0 aliphatic heterocycles. The minimum atomic E-state index is -1.18. The Morgan fingerprint density at radius 2 is 2.00 bits per heavy atom. The van der Waals surface area contributed by atoms with Crippen molar-refractivity contribution in [1.82, 2.24) is 5.48 Å². The molecule has 0 bridgehead atoms. The summed E-state index contributed by atoms with van der Waals surface area (Å²) in [5.74, 6) is 0.759. The molecule has 3 rings (SSSR count). The first-order valence-corrected chi connectivity index (χ1v) is 10.4. The summed E-state index contributed by atoms with van der Waals surface area (Å²) in [7, 11) is 0. The average molecular weight is 474 g/mol. The van der Waals surface area contributed by atoms with Crippen molar-refractivity contribution in [2.75, 3.05) is 6.61 Å². The maximum Gasteiger partial charge on any atom is 0.431 e. The largest absolute Gasteiger partial charge is 0.506 e. The Balaban J connectivity index is 1.87. The molecule has 0 saturated heterocycles. The normalized spacial score (nSPS) is 21.4. The van der Waals surface area contributed by atoms with Crippen molar-refractivity contribution in [1.29, 1.82) is 0 Å². The van der Waals surface area contributed by atoms with Gasteiger partial charge in [-0.2, -0.15) is 5.48 Å². The van der Waals surface area contributed by atoms with Crippen LogP contribution in [0.1, 0.15) is 42.6 Å².